The third kappa shape index (κ3) is 4.37. The van der Waals surface area contributed by atoms with Gasteiger partial charge in [0, 0.05) is 22.5 Å². The largest absolute Gasteiger partial charge is 0.376 e. The van der Waals surface area contributed by atoms with Crippen molar-refractivity contribution in [3.05, 3.63) is 69.8 Å². The monoisotopic (exact) mass is 442 g/mol. The fourth-order valence-corrected chi connectivity index (χ4v) is 5.54. The van der Waals surface area contributed by atoms with Crippen LogP contribution < -0.4 is 10.6 Å². The van der Waals surface area contributed by atoms with E-state index in [4.69, 9.17) is 0 Å². The Hall–Kier alpha value is -2.48. The van der Waals surface area contributed by atoms with Crippen LogP contribution in [0.25, 0.3) is 11.1 Å². The summed E-state index contributed by atoms with van der Waals surface area (Å²) in [5.41, 5.74) is 14.0. The smallest absolute Gasteiger partial charge is 0.0531 e. The predicted molar refractivity (Wildman–Crippen MR) is 146 cm³/mol. The summed E-state index contributed by atoms with van der Waals surface area (Å²) in [7, 11) is 0. The molecule has 0 bridgehead atoms. The molecule has 2 aliphatic heterocycles. The van der Waals surface area contributed by atoms with Crippen LogP contribution in [0.5, 0.6) is 0 Å². The van der Waals surface area contributed by atoms with Crippen molar-refractivity contribution in [1.29, 1.82) is 0 Å². The number of anilines is 2. The molecular formula is C31H42N2. The quantitative estimate of drug-likeness (QED) is 0.467. The molecule has 0 saturated carbocycles. The molecule has 2 heteroatoms. The van der Waals surface area contributed by atoms with E-state index in [2.05, 4.69) is 102 Å². The van der Waals surface area contributed by atoms with Gasteiger partial charge in [0.2, 0.25) is 0 Å². The van der Waals surface area contributed by atoms with Crippen LogP contribution in [0.15, 0.2) is 36.4 Å². The molecule has 2 unspecified atom stereocenters. The molecule has 0 fully saturated rings. The lowest BCUT2D eigenvalue weighted by Gasteiger charge is -2.36. The van der Waals surface area contributed by atoms with E-state index in [1.807, 2.05) is 0 Å². The molecular weight excluding hydrogens is 400 g/mol. The second-order valence-corrected chi connectivity index (χ2v) is 10.7. The average Bonchev–Trinajstić information content (AvgIpc) is 2.79. The lowest BCUT2D eigenvalue weighted by molar-refractivity contribution is 0.607. The van der Waals surface area contributed by atoms with Crippen molar-refractivity contribution >= 4 is 22.5 Å². The molecule has 2 atom stereocenters. The minimum absolute atomic E-state index is 0.0447. The first-order valence-electron chi connectivity index (χ1n) is 12.9. The molecule has 0 spiro atoms. The van der Waals surface area contributed by atoms with Gasteiger partial charge in [0.25, 0.3) is 0 Å². The van der Waals surface area contributed by atoms with E-state index in [1.54, 1.807) is 0 Å². The first kappa shape index (κ1) is 23.7. The number of nitrogens with one attached hydrogen (secondary N) is 2. The van der Waals surface area contributed by atoms with Crippen LogP contribution in [0.2, 0.25) is 0 Å². The zero-order valence-electron chi connectivity index (χ0n) is 22.0. The molecule has 33 heavy (non-hydrogen) atoms. The van der Waals surface area contributed by atoms with Gasteiger partial charge in [0.15, 0.2) is 0 Å². The molecule has 0 radical (unpaired) electrons. The average molecular weight is 443 g/mol. The Morgan fingerprint density at radius 3 is 1.36 bits per heavy atom. The summed E-state index contributed by atoms with van der Waals surface area (Å²) in [6, 6.07) is 9.63. The molecule has 4 rings (SSSR count). The van der Waals surface area contributed by atoms with Crippen molar-refractivity contribution in [2.24, 2.45) is 0 Å². The summed E-state index contributed by atoms with van der Waals surface area (Å²) >= 11 is 0. The van der Waals surface area contributed by atoms with Gasteiger partial charge in [-0.15, -0.1) is 0 Å². The number of fused-ring (bicyclic) bond motifs is 2. The van der Waals surface area contributed by atoms with Gasteiger partial charge in [-0.25, -0.2) is 0 Å². The number of aryl methyl sites for hydroxylation is 2. The van der Waals surface area contributed by atoms with Gasteiger partial charge < -0.3 is 10.6 Å². The highest BCUT2D eigenvalue weighted by Crippen LogP contribution is 2.42. The van der Waals surface area contributed by atoms with Crippen molar-refractivity contribution in [3.8, 4) is 0 Å². The molecule has 2 aromatic rings. The SMILES string of the molecule is CCC1=CC(C)(CC)Nc2c(C)cc(Cc3cc(C)c4c(c3)C(CC)=CC(C)(CC)N4)cc21. The number of benzene rings is 2. The second kappa shape index (κ2) is 8.70. The Balaban J connectivity index is 1.72. The topological polar surface area (TPSA) is 24.1 Å². The van der Waals surface area contributed by atoms with Gasteiger partial charge in [0.05, 0.1) is 11.1 Å². The maximum absolute atomic E-state index is 3.83. The van der Waals surface area contributed by atoms with E-state index in [0.29, 0.717) is 0 Å². The fraction of sp³-hybridized carbons (Fsp3) is 0.484. The Bertz CT molecular complexity index is 1050. The van der Waals surface area contributed by atoms with Crippen LogP contribution in [-0.4, -0.2) is 11.1 Å². The van der Waals surface area contributed by atoms with E-state index in [1.165, 1.54) is 55.9 Å². The zero-order valence-corrected chi connectivity index (χ0v) is 22.0. The highest BCUT2D eigenvalue weighted by atomic mass is 15.0. The fourth-order valence-electron chi connectivity index (χ4n) is 5.54. The Kier molecular flexibility index (Phi) is 6.24. The van der Waals surface area contributed by atoms with Crippen LogP contribution in [0, 0.1) is 13.8 Å². The minimum Gasteiger partial charge on any atom is -0.376 e. The van der Waals surface area contributed by atoms with Gasteiger partial charge in [-0.1, -0.05) is 52.0 Å². The van der Waals surface area contributed by atoms with Crippen molar-refractivity contribution in [2.75, 3.05) is 10.6 Å². The Morgan fingerprint density at radius 1 is 0.636 bits per heavy atom. The van der Waals surface area contributed by atoms with Crippen LogP contribution in [-0.2, 0) is 6.42 Å². The molecule has 2 heterocycles. The lowest BCUT2D eigenvalue weighted by atomic mass is 9.82. The number of hydrogen-bond acceptors (Lipinski definition) is 2. The Labute approximate surface area is 201 Å². The molecule has 2 N–H and O–H groups in total. The summed E-state index contributed by atoms with van der Waals surface area (Å²) in [6.45, 7) is 18.2. The van der Waals surface area contributed by atoms with Crippen molar-refractivity contribution in [1.82, 2.24) is 0 Å². The zero-order chi connectivity index (χ0) is 24.0. The van der Waals surface area contributed by atoms with Crippen LogP contribution >= 0.6 is 0 Å². The highest BCUT2D eigenvalue weighted by Gasteiger charge is 2.29. The molecule has 0 amide bonds. The van der Waals surface area contributed by atoms with Gasteiger partial charge in [-0.3, -0.25) is 0 Å². The molecule has 176 valence electrons. The summed E-state index contributed by atoms with van der Waals surface area (Å²) in [5, 5.41) is 7.66. The van der Waals surface area contributed by atoms with Crippen molar-refractivity contribution in [2.45, 2.75) is 98.6 Å². The first-order valence-corrected chi connectivity index (χ1v) is 12.9. The first-order chi connectivity index (χ1) is 15.6. The lowest BCUT2D eigenvalue weighted by Crippen LogP contribution is -2.35. The second-order valence-electron chi connectivity index (χ2n) is 10.7. The van der Waals surface area contributed by atoms with Gasteiger partial charge in [-0.05, 0) is 105 Å². The third-order valence-electron chi connectivity index (χ3n) is 7.93. The number of allylic oxidation sites excluding steroid dienone is 2. The Morgan fingerprint density at radius 2 is 1.03 bits per heavy atom. The van der Waals surface area contributed by atoms with Crippen molar-refractivity contribution in [3.63, 3.8) is 0 Å². The van der Waals surface area contributed by atoms with Crippen LogP contribution in [0.1, 0.15) is 101 Å². The van der Waals surface area contributed by atoms with Gasteiger partial charge in [0.1, 0.15) is 0 Å². The number of rotatable bonds is 6. The summed E-state index contributed by atoms with van der Waals surface area (Å²) in [6.07, 6.45) is 10.2. The maximum atomic E-state index is 3.83. The van der Waals surface area contributed by atoms with E-state index in [0.717, 1.165) is 32.1 Å². The third-order valence-corrected chi connectivity index (χ3v) is 7.93. The normalized spacial score (nSPS) is 23.6. The minimum atomic E-state index is 0.0447. The standard InChI is InChI=1S/C31H42N2/c1-9-24-18-30(7,11-3)32-28-20(5)13-22(16-26(24)28)15-23-14-21(6)29-27(17-23)25(10-2)19-31(8,12-4)33-29/h13-14,16-19,32-33H,9-12,15H2,1-8H3. The predicted octanol–water partition coefficient (Wildman–Crippen LogP) is 8.67. The molecule has 2 aliphatic rings. The maximum Gasteiger partial charge on any atom is 0.0531 e. The van der Waals surface area contributed by atoms with Crippen molar-refractivity contribution < 1.29 is 0 Å². The highest BCUT2D eigenvalue weighted by molar-refractivity contribution is 5.85. The summed E-state index contributed by atoms with van der Waals surface area (Å²) in [5.74, 6) is 0. The van der Waals surface area contributed by atoms with Gasteiger partial charge >= 0.3 is 0 Å². The molecule has 2 aromatic carbocycles. The molecule has 0 aromatic heterocycles. The number of hydrogen-bond donors (Lipinski definition) is 2. The van der Waals surface area contributed by atoms with E-state index in [9.17, 15) is 0 Å². The van der Waals surface area contributed by atoms with Gasteiger partial charge in [-0.2, -0.15) is 0 Å². The van der Waals surface area contributed by atoms with Crippen LogP contribution in [0.3, 0.4) is 0 Å². The summed E-state index contributed by atoms with van der Waals surface area (Å²) < 4.78 is 0. The molecule has 0 saturated heterocycles. The van der Waals surface area contributed by atoms with E-state index < -0.39 is 0 Å². The molecule has 0 aliphatic carbocycles. The van der Waals surface area contributed by atoms with Crippen LogP contribution in [0.4, 0.5) is 11.4 Å². The molecule has 2 nitrogen and oxygen atoms in total. The van der Waals surface area contributed by atoms with E-state index in [-0.39, 0.29) is 11.1 Å². The summed E-state index contributed by atoms with van der Waals surface area (Å²) in [4.78, 5) is 0. The van der Waals surface area contributed by atoms with E-state index >= 15 is 0 Å².